The Hall–Kier alpha value is -1.04. The van der Waals surface area contributed by atoms with Crippen molar-refractivity contribution in [3.63, 3.8) is 0 Å². The van der Waals surface area contributed by atoms with Crippen LogP contribution in [0.5, 0.6) is 0 Å². The van der Waals surface area contributed by atoms with Gasteiger partial charge in [-0.15, -0.1) is 0 Å². The van der Waals surface area contributed by atoms with E-state index in [0.717, 1.165) is 12.6 Å². The lowest BCUT2D eigenvalue weighted by Gasteiger charge is -2.19. The van der Waals surface area contributed by atoms with E-state index in [1.165, 1.54) is 12.1 Å². The molecule has 0 bridgehead atoms. The van der Waals surface area contributed by atoms with Crippen molar-refractivity contribution in [2.45, 2.75) is 12.5 Å². The molecule has 0 radical (unpaired) electrons. The quantitative estimate of drug-likeness (QED) is 0.592. The van der Waals surface area contributed by atoms with Crippen molar-refractivity contribution in [1.29, 1.82) is 0 Å². The lowest BCUT2D eigenvalue weighted by molar-refractivity contribution is 0.358. The fourth-order valence-electron chi connectivity index (χ4n) is 1.50. The molecular weight excluding hydrogens is 212 g/mol. The Morgan fingerprint density at radius 1 is 1.38 bits per heavy atom. The summed E-state index contributed by atoms with van der Waals surface area (Å²) in [6.45, 7) is 0.770. The van der Waals surface area contributed by atoms with Crippen LogP contribution >= 0.6 is 0 Å². The van der Waals surface area contributed by atoms with Crippen LogP contribution in [0, 0.1) is 11.6 Å². The maximum absolute atomic E-state index is 13.5. The minimum atomic E-state index is -0.579. The highest BCUT2D eigenvalue weighted by molar-refractivity contribution is 5.22. The molecule has 16 heavy (non-hydrogen) atoms. The zero-order chi connectivity index (χ0) is 12.1. The minimum absolute atomic E-state index is 0.303. The van der Waals surface area contributed by atoms with E-state index in [4.69, 9.17) is 5.84 Å². The van der Waals surface area contributed by atoms with Crippen LogP contribution < -0.4 is 11.3 Å². The normalized spacial score (nSPS) is 13.1. The summed E-state index contributed by atoms with van der Waals surface area (Å²) in [5, 5.41) is 0. The SMILES string of the molecule is CN(C)CCC(NN)c1ccc(F)cc1F. The standard InChI is InChI=1S/C11H17F2N3/c1-16(2)6-5-11(15-14)9-4-3-8(12)7-10(9)13/h3-4,7,11,15H,5-6,14H2,1-2H3. The third-order valence-electron chi connectivity index (χ3n) is 2.40. The fourth-order valence-corrected chi connectivity index (χ4v) is 1.50. The summed E-state index contributed by atoms with van der Waals surface area (Å²) in [6, 6.07) is 3.22. The second-order valence-electron chi connectivity index (χ2n) is 3.98. The summed E-state index contributed by atoms with van der Waals surface area (Å²) in [4.78, 5) is 1.98. The molecule has 1 aromatic rings. The number of nitrogens with one attached hydrogen (secondary N) is 1. The van der Waals surface area contributed by atoms with Gasteiger partial charge < -0.3 is 4.90 Å². The first-order valence-electron chi connectivity index (χ1n) is 5.10. The van der Waals surface area contributed by atoms with Gasteiger partial charge in [-0.05, 0) is 33.1 Å². The summed E-state index contributed by atoms with van der Waals surface area (Å²) >= 11 is 0. The van der Waals surface area contributed by atoms with Gasteiger partial charge in [0.25, 0.3) is 0 Å². The van der Waals surface area contributed by atoms with Gasteiger partial charge in [-0.25, -0.2) is 8.78 Å². The first-order chi connectivity index (χ1) is 7.54. The molecule has 0 aliphatic carbocycles. The van der Waals surface area contributed by atoms with Gasteiger partial charge in [0.15, 0.2) is 0 Å². The van der Waals surface area contributed by atoms with Gasteiger partial charge in [-0.3, -0.25) is 11.3 Å². The van der Waals surface area contributed by atoms with Gasteiger partial charge in [0.1, 0.15) is 11.6 Å². The zero-order valence-electron chi connectivity index (χ0n) is 9.50. The summed E-state index contributed by atoms with van der Waals surface area (Å²) in [5.74, 6) is 4.22. The zero-order valence-corrected chi connectivity index (χ0v) is 9.50. The van der Waals surface area contributed by atoms with Crippen LogP contribution in [-0.2, 0) is 0 Å². The summed E-state index contributed by atoms with van der Waals surface area (Å²) in [7, 11) is 3.85. The van der Waals surface area contributed by atoms with E-state index in [-0.39, 0.29) is 6.04 Å². The maximum atomic E-state index is 13.5. The van der Waals surface area contributed by atoms with Crippen molar-refractivity contribution in [3.8, 4) is 0 Å². The molecule has 1 aromatic carbocycles. The van der Waals surface area contributed by atoms with Crippen molar-refractivity contribution >= 4 is 0 Å². The first-order valence-corrected chi connectivity index (χ1v) is 5.10. The largest absolute Gasteiger partial charge is 0.309 e. The molecule has 0 aromatic heterocycles. The van der Waals surface area contributed by atoms with Crippen LogP contribution in [-0.4, -0.2) is 25.5 Å². The van der Waals surface area contributed by atoms with Gasteiger partial charge in [0, 0.05) is 11.6 Å². The molecule has 0 aliphatic heterocycles. The Kier molecular flexibility index (Phi) is 4.79. The Morgan fingerprint density at radius 3 is 2.56 bits per heavy atom. The van der Waals surface area contributed by atoms with Gasteiger partial charge >= 0.3 is 0 Å². The average Bonchev–Trinajstić information content (AvgIpc) is 2.21. The number of rotatable bonds is 5. The number of nitrogens with zero attached hydrogens (tertiary/aromatic N) is 1. The number of benzene rings is 1. The molecule has 5 heteroatoms. The molecule has 90 valence electrons. The molecule has 0 saturated heterocycles. The predicted octanol–water partition coefficient (Wildman–Crippen LogP) is 1.42. The number of hydrogen-bond donors (Lipinski definition) is 2. The molecule has 0 aliphatic rings. The van der Waals surface area contributed by atoms with Crippen LogP contribution in [0.15, 0.2) is 18.2 Å². The van der Waals surface area contributed by atoms with E-state index in [0.29, 0.717) is 12.0 Å². The highest BCUT2D eigenvalue weighted by Gasteiger charge is 2.14. The maximum Gasteiger partial charge on any atom is 0.130 e. The van der Waals surface area contributed by atoms with E-state index < -0.39 is 11.6 Å². The van der Waals surface area contributed by atoms with E-state index in [2.05, 4.69) is 5.43 Å². The first kappa shape index (κ1) is 13.0. The van der Waals surface area contributed by atoms with E-state index in [1.807, 2.05) is 19.0 Å². The number of halogens is 2. The van der Waals surface area contributed by atoms with Crippen LogP contribution in [0.25, 0.3) is 0 Å². The molecule has 1 atom stereocenters. The van der Waals surface area contributed by atoms with Crippen LogP contribution in [0.2, 0.25) is 0 Å². The van der Waals surface area contributed by atoms with Gasteiger partial charge in [0.2, 0.25) is 0 Å². The molecule has 1 unspecified atom stereocenters. The second-order valence-corrected chi connectivity index (χ2v) is 3.98. The van der Waals surface area contributed by atoms with Crippen molar-refractivity contribution < 1.29 is 8.78 Å². The highest BCUT2D eigenvalue weighted by atomic mass is 19.1. The molecule has 0 amide bonds. The smallest absolute Gasteiger partial charge is 0.130 e. The molecule has 0 heterocycles. The van der Waals surface area contributed by atoms with Gasteiger partial charge in [-0.1, -0.05) is 6.07 Å². The van der Waals surface area contributed by atoms with E-state index in [9.17, 15) is 8.78 Å². The Bertz CT molecular complexity index is 342. The van der Waals surface area contributed by atoms with Crippen LogP contribution in [0.4, 0.5) is 8.78 Å². The third kappa shape index (κ3) is 3.52. The summed E-state index contributed by atoms with van der Waals surface area (Å²) in [5.41, 5.74) is 2.94. The summed E-state index contributed by atoms with van der Waals surface area (Å²) < 4.78 is 26.2. The van der Waals surface area contributed by atoms with Crippen molar-refractivity contribution in [3.05, 3.63) is 35.4 Å². The van der Waals surface area contributed by atoms with E-state index in [1.54, 1.807) is 0 Å². The third-order valence-corrected chi connectivity index (χ3v) is 2.40. The van der Waals surface area contributed by atoms with Gasteiger partial charge in [-0.2, -0.15) is 0 Å². The lowest BCUT2D eigenvalue weighted by Crippen LogP contribution is -2.31. The predicted molar refractivity (Wildman–Crippen MR) is 59.6 cm³/mol. The highest BCUT2D eigenvalue weighted by Crippen LogP contribution is 2.20. The summed E-state index contributed by atoms with van der Waals surface area (Å²) in [6.07, 6.45) is 0.659. The fraction of sp³-hybridized carbons (Fsp3) is 0.455. The molecular formula is C11H17F2N3. The van der Waals surface area contributed by atoms with Crippen molar-refractivity contribution in [2.24, 2.45) is 5.84 Å². The van der Waals surface area contributed by atoms with Crippen LogP contribution in [0.3, 0.4) is 0 Å². The topological polar surface area (TPSA) is 41.3 Å². The Morgan fingerprint density at radius 2 is 2.06 bits per heavy atom. The Balaban J connectivity index is 2.78. The monoisotopic (exact) mass is 229 g/mol. The molecule has 3 N–H and O–H groups in total. The molecule has 3 nitrogen and oxygen atoms in total. The average molecular weight is 229 g/mol. The molecule has 0 fully saturated rings. The lowest BCUT2D eigenvalue weighted by atomic mass is 10.0. The second kappa shape index (κ2) is 5.89. The molecule has 1 rings (SSSR count). The number of hydrazine groups is 1. The minimum Gasteiger partial charge on any atom is -0.309 e. The van der Waals surface area contributed by atoms with Crippen LogP contribution in [0.1, 0.15) is 18.0 Å². The van der Waals surface area contributed by atoms with Crippen molar-refractivity contribution in [1.82, 2.24) is 10.3 Å². The molecule has 0 saturated carbocycles. The van der Waals surface area contributed by atoms with E-state index >= 15 is 0 Å². The van der Waals surface area contributed by atoms with Gasteiger partial charge in [0.05, 0.1) is 6.04 Å². The Labute approximate surface area is 94.2 Å². The van der Waals surface area contributed by atoms with Crippen molar-refractivity contribution in [2.75, 3.05) is 20.6 Å². The number of nitrogens with two attached hydrogens (primary N) is 1. The molecule has 0 spiro atoms. The number of hydrogen-bond acceptors (Lipinski definition) is 3.